The van der Waals surface area contributed by atoms with E-state index in [0.29, 0.717) is 13.0 Å². The molecule has 0 saturated heterocycles. The molecule has 1 N–H and O–H groups in total. The summed E-state index contributed by atoms with van der Waals surface area (Å²) in [5.41, 5.74) is 0.943. The molecule has 0 saturated carbocycles. The Morgan fingerprint density at radius 1 is 0.955 bits per heavy atom. The van der Waals surface area contributed by atoms with Gasteiger partial charge in [0.2, 0.25) is 5.91 Å². The standard InChI is InChI=1S/C36H55NO7/c1-24(2)32(37-29(7)38)26(4)28(6)42-21-31(19-15-18-30-16-13-12-14-17-30)22-44-36(10,11)20-25(3)33(39)27(5)34(40)43-23-35(8,9)41/h12-19,24-28,41H,20-23H2,1-11H3/b18-15+,31-19+,37-32?. The van der Waals surface area contributed by atoms with Crippen molar-refractivity contribution in [3.63, 3.8) is 0 Å². The summed E-state index contributed by atoms with van der Waals surface area (Å²) in [6, 6.07) is 9.97. The highest BCUT2D eigenvalue weighted by Gasteiger charge is 2.33. The molecule has 44 heavy (non-hydrogen) atoms. The van der Waals surface area contributed by atoms with E-state index in [0.717, 1.165) is 16.8 Å². The first-order valence-electron chi connectivity index (χ1n) is 15.5. The lowest BCUT2D eigenvalue weighted by molar-refractivity contribution is -0.158. The van der Waals surface area contributed by atoms with Crippen molar-refractivity contribution < 1.29 is 33.7 Å². The van der Waals surface area contributed by atoms with E-state index in [1.807, 2.05) is 90.1 Å². The Labute approximate surface area is 265 Å². The van der Waals surface area contributed by atoms with Gasteiger partial charge in [-0.2, -0.15) is 0 Å². The summed E-state index contributed by atoms with van der Waals surface area (Å²) < 4.78 is 17.7. The smallest absolute Gasteiger partial charge is 0.316 e. The van der Waals surface area contributed by atoms with Crippen LogP contribution in [0.1, 0.15) is 88.1 Å². The Morgan fingerprint density at radius 3 is 2.11 bits per heavy atom. The molecular formula is C36H55NO7. The fourth-order valence-corrected chi connectivity index (χ4v) is 4.66. The second kappa shape index (κ2) is 18.1. The predicted molar refractivity (Wildman–Crippen MR) is 176 cm³/mol. The first-order chi connectivity index (χ1) is 20.3. The van der Waals surface area contributed by atoms with Gasteiger partial charge in [-0.15, -0.1) is 0 Å². The normalized spacial score (nSPS) is 16.1. The molecule has 0 aliphatic heterocycles. The number of esters is 1. The fourth-order valence-electron chi connectivity index (χ4n) is 4.66. The second-order valence-corrected chi connectivity index (χ2v) is 13.3. The highest BCUT2D eigenvalue weighted by Crippen LogP contribution is 2.25. The maximum atomic E-state index is 13.0. The van der Waals surface area contributed by atoms with Gasteiger partial charge in [-0.3, -0.25) is 14.4 Å². The SMILES string of the molecule is CC(=O)N=C(C(C)C)C(C)C(C)OC/C(=C\C=C\c1ccccc1)COC(C)(C)CC(C)C(=O)C(C)C(=O)OCC(C)(C)O. The van der Waals surface area contributed by atoms with Gasteiger partial charge in [-0.25, -0.2) is 4.99 Å². The van der Waals surface area contributed by atoms with Gasteiger partial charge in [-0.1, -0.05) is 76.3 Å². The van der Waals surface area contributed by atoms with E-state index in [1.54, 1.807) is 6.92 Å². The van der Waals surface area contributed by atoms with Crippen molar-refractivity contribution in [3.05, 3.63) is 53.6 Å². The number of ketones is 1. The van der Waals surface area contributed by atoms with E-state index < -0.39 is 29.0 Å². The summed E-state index contributed by atoms with van der Waals surface area (Å²) in [5, 5.41) is 9.82. The minimum absolute atomic E-state index is 0.0543. The van der Waals surface area contributed by atoms with Crippen LogP contribution < -0.4 is 0 Å². The molecule has 0 aromatic heterocycles. The summed E-state index contributed by atoms with van der Waals surface area (Å²) in [7, 11) is 0. The Hall–Kier alpha value is -2.94. The van der Waals surface area contributed by atoms with Crippen LogP contribution in [-0.2, 0) is 28.6 Å². The number of rotatable bonds is 18. The molecule has 0 aliphatic rings. The van der Waals surface area contributed by atoms with Gasteiger partial charge in [0.15, 0.2) is 0 Å². The van der Waals surface area contributed by atoms with Gasteiger partial charge in [0.25, 0.3) is 0 Å². The first kappa shape index (κ1) is 39.1. The number of aliphatic imine (C=N–C) groups is 1. The van der Waals surface area contributed by atoms with Crippen LogP contribution in [0.15, 0.2) is 53.0 Å². The van der Waals surface area contributed by atoms with E-state index in [1.165, 1.54) is 27.7 Å². The number of amides is 1. The van der Waals surface area contributed by atoms with E-state index in [-0.39, 0.29) is 42.8 Å². The maximum absolute atomic E-state index is 13.0. The minimum Gasteiger partial charge on any atom is -0.462 e. The van der Waals surface area contributed by atoms with Crippen LogP contribution in [-0.4, -0.2) is 65.6 Å². The topological polar surface area (TPSA) is 111 Å². The van der Waals surface area contributed by atoms with Gasteiger partial charge in [0, 0.05) is 24.5 Å². The Kier molecular flexibility index (Phi) is 16.1. The molecule has 0 aliphatic carbocycles. The molecule has 0 bridgehead atoms. The van der Waals surface area contributed by atoms with Crippen LogP contribution in [0.25, 0.3) is 6.08 Å². The quantitative estimate of drug-likeness (QED) is 0.0854. The van der Waals surface area contributed by atoms with E-state index in [2.05, 4.69) is 4.99 Å². The van der Waals surface area contributed by atoms with Gasteiger partial charge in [0.05, 0.1) is 30.5 Å². The molecule has 0 heterocycles. The first-order valence-corrected chi connectivity index (χ1v) is 15.5. The average molecular weight is 614 g/mol. The molecule has 4 unspecified atom stereocenters. The van der Waals surface area contributed by atoms with Crippen molar-refractivity contribution in [1.82, 2.24) is 0 Å². The number of hydrogen-bond acceptors (Lipinski definition) is 7. The Morgan fingerprint density at radius 2 is 1.57 bits per heavy atom. The number of benzene rings is 1. The predicted octanol–water partition coefficient (Wildman–Crippen LogP) is 6.65. The molecule has 0 spiro atoms. The summed E-state index contributed by atoms with van der Waals surface area (Å²) in [5.74, 6) is -2.43. The molecule has 0 fully saturated rings. The number of nitrogens with zero attached hydrogens (tertiary/aromatic N) is 1. The molecule has 246 valence electrons. The molecule has 1 aromatic carbocycles. The minimum atomic E-state index is -1.17. The monoisotopic (exact) mass is 613 g/mol. The lowest BCUT2D eigenvalue weighted by atomic mass is 9.86. The van der Waals surface area contributed by atoms with E-state index in [4.69, 9.17) is 14.2 Å². The number of allylic oxidation sites excluding steroid dienone is 2. The summed E-state index contributed by atoms with van der Waals surface area (Å²) >= 11 is 0. The third kappa shape index (κ3) is 15.2. The molecule has 1 rings (SSSR count). The fraction of sp³-hybridized carbons (Fsp3) is 0.611. The number of ether oxygens (including phenoxy) is 3. The number of aliphatic hydroxyl groups is 1. The third-order valence-electron chi connectivity index (χ3n) is 7.28. The zero-order chi connectivity index (χ0) is 33.7. The zero-order valence-corrected chi connectivity index (χ0v) is 28.7. The van der Waals surface area contributed by atoms with Crippen molar-refractivity contribution in [1.29, 1.82) is 0 Å². The molecule has 8 nitrogen and oxygen atoms in total. The lowest BCUT2D eigenvalue weighted by Gasteiger charge is -2.30. The molecule has 0 radical (unpaired) electrons. The highest BCUT2D eigenvalue weighted by molar-refractivity contribution is 5.99. The number of carbonyl (C=O) groups excluding carboxylic acids is 3. The van der Waals surface area contributed by atoms with Crippen LogP contribution in [0.3, 0.4) is 0 Å². The third-order valence-corrected chi connectivity index (χ3v) is 7.28. The zero-order valence-electron chi connectivity index (χ0n) is 28.7. The summed E-state index contributed by atoms with van der Waals surface area (Å²) in [6.45, 7) is 20.1. The number of hydrogen-bond donors (Lipinski definition) is 1. The lowest BCUT2D eigenvalue weighted by Crippen LogP contribution is -2.36. The molecular weight excluding hydrogens is 558 g/mol. The summed E-state index contributed by atoms with van der Waals surface area (Å²) in [6.07, 6.45) is 6.15. The Bertz CT molecular complexity index is 1160. The van der Waals surface area contributed by atoms with Gasteiger partial charge in [0.1, 0.15) is 18.3 Å². The van der Waals surface area contributed by atoms with E-state index in [9.17, 15) is 19.5 Å². The van der Waals surface area contributed by atoms with E-state index >= 15 is 0 Å². The molecule has 4 atom stereocenters. The van der Waals surface area contributed by atoms with Gasteiger partial charge < -0.3 is 19.3 Å². The van der Waals surface area contributed by atoms with Gasteiger partial charge in [-0.05, 0) is 65.0 Å². The largest absolute Gasteiger partial charge is 0.462 e. The van der Waals surface area contributed by atoms with Crippen molar-refractivity contribution >= 4 is 29.4 Å². The van der Waals surface area contributed by atoms with Crippen LogP contribution in [0.2, 0.25) is 0 Å². The van der Waals surface area contributed by atoms with Crippen LogP contribution in [0.5, 0.6) is 0 Å². The number of Topliss-reactive ketones (excluding diaryl/α,β-unsaturated/α-hetero) is 1. The summed E-state index contributed by atoms with van der Waals surface area (Å²) in [4.78, 5) is 41.4. The number of carbonyl (C=O) groups is 3. The van der Waals surface area contributed by atoms with Crippen LogP contribution in [0.4, 0.5) is 0 Å². The highest BCUT2D eigenvalue weighted by atomic mass is 16.5. The molecule has 8 heteroatoms. The Balaban J connectivity index is 2.97. The van der Waals surface area contributed by atoms with Crippen LogP contribution >= 0.6 is 0 Å². The maximum Gasteiger partial charge on any atom is 0.316 e. The van der Waals surface area contributed by atoms with Gasteiger partial charge >= 0.3 is 5.97 Å². The van der Waals surface area contributed by atoms with Crippen molar-refractivity contribution in [3.8, 4) is 0 Å². The van der Waals surface area contributed by atoms with Crippen molar-refractivity contribution in [2.75, 3.05) is 19.8 Å². The van der Waals surface area contributed by atoms with Crippen LogP contribution in [0, 0.1) is 23.7 Å². The molecule has 1 aromatic rings. The molecule has 1 amide bonds. The van der Waals surface area contributed by atoms with Crippen molar-refractivity contribution in [2.45, 2.75) is 99.9 Å². The van der Waals surface area contributed by atoms with Crippen molar-refractivity contribution in [2.24, 2.45) is 28.7 Å². The average Bonchev–Trinajstić information content (AvgIpc) is 2.93. The second-order valence-electron chi connectivity index (χ2n) is 13.3.